The number of aryl methyl sites for hydroxylation is 1. The molecule has 0 atom stereocenters. The van der Waals surface area contributed by atoms with Crippen LogP contribution in [0.5, 0.6) is 0 Å². The molecule has 0 fully saturated rings. The number of amides is 2. The van der Waals surface area contributed by atoms with Gasteiger partial charge in [0.1, 0.15) is 17.5 Å². The fourth-order valence-corrected chi connectivity index (χ4v) is 3.49. The molecule has 0 saturated heterocycles. The highest BCUT2D eigenvalue weighted by atomic mass is 16.2. The molecule has 3 N–H and O–H groups in total. The van der Waals surface area contributed by atoms with E-state index in [-0.39, 0.29) is 5.69 Å². The van der Waals surface area contributed by atoms with Crippen LogP contribution in [0.1, 0.15) is 43.6 Å². The summed E-state index contributed by atoms with van der Waals surface area (Å²) in [4.78, 5) is 33.4. The van der Waals surface area contributed by atoms with Crippen molar-refractivity contribution < 1.29 is 9.59 Å². The molecule has 32 heavy (non-hydrogen) atoms. The van der Waals surface area contributed by atoms with E-state index in [0.717, 1.165) is 5.69 Å². The smallest absolute Gasteiger partial charge is 0.267 e. The maximum Gasteiger partial charge on any atom is 0.267 e. The van der Waals surface area contributed by atoms with Crippen LogP contribution in [0.15, 0.2) is 48.5 Å². The lowest BCUT2D eigenvalue weighted by atomic mass is 10.1. The topological polar surface area (TPSA) is 140 Å². The first-order valence-corrected chi connectivity index (χ1v) is 9.78. The van der Waals surface area contributed by atoms with Gasteiger partial charge < -0.3 is 11.1 Å². The van der Waals surface area contributed by atoms with Crippen LogP contribution in [0.25, 0.3) is 10.9 Å². The molecule has 0 spiro atoms. The third-order valence-electron chi connectivity index (χ3n) is 5.07. The summed E-state index contributed by atoms with van der Waals surface area (Å²) < 4.78 is 1.72. The fraction of sp³-hybridized carbons (Fsp3) is 0.130. The van der Waals surface area contributed by atoms with E-state index < -0.39 is 11.8 Å². The van der Waals surface area contributed by atoms with Crippen molar-refractivity contribution in [2.45, 2.75) is 20.4 Å². The Bertz CT molecular complexity index is 1420. The number of para-hydroxylation sites is 1. The van der Waals surface area contributed by atoms with E-state index >= 15 is 0 Å². The van der Waals surface area contributed by atoms with Crippen LogP contribution < -0.4 is 11.1 Å². The van der Waals surface area contributed by atoms with E-state index in [1.807, 2.05) is 19.1 Å². The Labute approximate surface area is 183 Å². The van der Waals surface area contributed by atoms with Crippen molar-refractivity contribution in [2.24, 2.45) is 5.73 Å². The van der Waals surface area contributed by atoms with Crippen molar-refractivity contribution in [3.63, 3.8) is 0 Å². The van der Waals surface area contributed by atoms with Crippen LogP contribution in [0.2, 0.25) is 0 Å². The minimum Gasteiger partial charge on any atom is -0.364 e. The Morgan fingerprint density at radius 1 is 1.12 bits per heavy atom. The lowest BCUT2D eigenvalue weighted by Crippen LogP contribution is -2.18. The van der Waals surface area contributed by atoms with Crippen LogP contribution in [0, 0.1) is 25.2 Å². The number of carbonyl (C=O) groups is 2. The normalized spacial score (nSPS) is 10.7. The summed E-state index contributed by atoms with van der Waals surface area (Å²) in [6.07, 6.45) is 0. The quantitative estimate of drug-likeness (QED) is 0.504. The van der Waals surface area contributed by atoms with Crippen molar-refractivity contribution in [2.75, 3.05) is 5.32 Å². The molecule has 0 bridgehead atoms. The predicted molar refractivity (Wildman–Crippen MR) is 118 cm³/mol. The molecule has 4 aromatic rings. The van der Waals surface area contributed by atoms with Crippen LogP contribution in [-0.2, 0) is 6.54 Å². The molecule has 0 saturated carbocycles. The number of nitrogens with one attached hydrogen (secondary N) is 1. The maximum absolute atomic E-state index is 13.2. The van der Waals surface area contributed by atoms with Gasteiger partial charge in [0, 0.05) is 5.39 Å². The maximum atomic E-state index is 13.2. The first kappa shape index (κ1) is 20.7. The summed E-state index contributed by atoms with van der Waals surface area (Å²) in [7, 11) is 0. The zero-order valence-corrected chi connectivity index (χ0v) is 17.5. The molecule has 0 unspecified atom stereocenters. The fourth-order valence-electron chi connectivity index (χ4n) is 3.49. The molecule has 2 amide bonds. The number of nitrogens with two attached hydrogens (primary N) is 1. The molecule has 0 aliphatic heterocycles. The summed E-state index contributed by atoms with van der Waals surface area (Å²) in [5.41, 5.74) is 9.13. The van der Waals surface area contributed by atoms with Gasteiger partial charge in [0.2, 0.25) is 0 Å². The van der Waals surface area contributed by atoms with Crippen LogP contribution in [0.3, 0.4) is 0 Å². The highest BCUT2D eigenvalue weighted by Crippen LogP contribution is 2.24. The zero-order chi connectivity index (χ0) is 22.8. The second-order valence-corrected chi connectivity index (χ2v) is 7.22. The molecular weight excluding hydrogens is 406 g/mol. The number of hydrogen-bond acceptors (Lipinski definition) is 6. The van der Waals surface area contributed by atoms with E-state index in [1.54, 1.807) is 48.0 Å². The molecule has 0 aliphatic rings. The molecule has 3 heterocycles. The van der Waals surface area contributed by atoms with Gasteiger partial charge in [0.05, 0.1) is 40.4 Å². The lowest BCUT2D eigenvalue weighted by molar-refractivity contribution is 0.0996. The van der Waals surface area contributed by atoms with Crippen LogP contribution in [-0.4, -0.2) is 31.6 Å². The zero-order valence-electron chi connectivity index (χ0n) is 17.5. The van der Waals surface area contributed by atoms with Crippen molar-refractivity contribution in [3.05, 3.63) is 82.6 Å². The number of anilines is 1. The Kier molecular flexibility index (Phi) is 5.35. The number of aromatic nitrogens is 4. The number of nitrogens with zero attached hydrogens (tertiary/aromatic N) is 5. The molecule has 3 aromatic heterocycles. The second kappa shape index (κ2) is 8.28. The Hall–Kier alpha value is -4.58. The number of carbonyl (C=O) groups excluding carboxylic acids is 2. The van der Waals surface area contributed by atoms with Crippen molar-refractivity contribution in [1.82, 2.24) is 19.7 Å². The standard InChI is InChI=1S/C23H19N7O2/c1-13-21(14(2)30(29-13)12-16-7-5-6-15(11-24)26-16)28-23(32)18-10-20(22(25)31)27-19-9-4-3-8-17(18)19/h3-10H,12H2,1-2H3,(H2,25,31)(H,28,32). The number of benzene rings is 1. The largest absolute Gasteiger partial charge is 0.364 e. The van der Waals surface area contributed by atoms with Crippen molar-refractivity contribution in [1.29, 1.82) is 5.26 Å². The number of pyridine rings is 2. The average Bonchev–Trinajstić information content (AvgIpc) is 3.05. The molecule has 158 valence electrons. The SMILES string of the molecule is Cc1nn(Cc2cccc(C#N)n2)c(C)c1NC(=O)c1cc(C(N)=O)nc2ccccc12. The third-order valence-corrected chi connectivity index (χ3v) is 5.07. The summed E-state index contributed by atoms with van der Waals surface area (Å²) in [5.74, 6) is -1.11. The summed E-state index contributed by atoms with van der Waals surface area (Å²) in [6, 6.07) is 15.7. The van der Waals surface area contributed by atoms with E-state index in [9.17, 15) is 9.59 Å². The molecule has 0 radical (unpaired) electrons. The highest BCUT2D eigenvalue weighted by Gasteiger charge is 2.19. The van der Waals surface area contributed by atoms with Gasteiger partial charge in [-0.05, 0) is 38.1 Å². The van der Waals surface area contributed by atoms with Gasteiger partial charge in [-0.25, -0.2) is 9.97 Å². The van der Waals surface area contributed by atoms with Crippen molar-refractivity contribution >= 4 is 28.4 Å². The van der Waals surface area contributed by atoms with Gasteiger partial charge in [-0.2, -0.15) is 10.4 Å². The van der Waals surface area contributed by atoms with E-state index in [1.165, 1.54) is 6.07 Å². The third kappa shape index (κ3) is 3.89. The summed E-state index contributed by atoms with van der Waals surface area (Å²) in [5, 5.41) is 17.1. The molecule has 1 aromatic carbocycles. The molecule has 4 rings (SSSR count). The molecule has 0 aliphatic carbocycles. The van der Waals surface area contributed by atoms with Crippen LogP contribution >= 0.6 is 0 Å². The Morgan fingerprint density at radius 2 is 1.91 bits per heavy atom. The van der Waals surface area contributed by atoms with Crippen LogP contribution in [0.4, 0.5) is 5.69 Å². The number of nitriles is 1. The highest BCUT2D eigenvalue weighted by molar-refractivity contribution is 6.14. The summed E-state index contributed by atoms with van der Waals surface area (Å²) in [6.45, 7) is 3.98. The number of primary amides is 1. The number of fused-ring (bicyclic) bond motifs is 1. The first-order valence-electron chi connectivity index (χ1n) is 9.78. The monoisotopic (exact) mass is 425 g/mol. The predicted octanol–water partition coefficient (Wildman–Crippen LogP) is 2.71. The van der Waals surface area contributed by atoms with Crippen molar-refractivity contribution in [3.8, 4) is 6.07 Å². The van der Waals surface area contributed by atoms with E-state index in [4.69, 9.17) is 11.0 Å². The molecule has 9 nitrogen and oxygen atoms in total. The summed E-state index contributed by atoms with van der Waals surface area (Å²) >= 11 is 0. The number of hydrogen-bond donors (Lipinski definition) is 2. The Balaban J connectivity index is 1.67. The lowest BCUT2D eigenvalue weighted by Gasteiger charge is -2.10. The van der Waals surface area contributed by atoms with Gasteiger partial charge in [-0.3, -0.25) is 14.3 Å². The second-order valence-electron chi connectivity index (χ2n) is 7.22. The minimum atomic E-state index is -0.711. The van der Waals surface area contributed by atoms with E-state index in [2.05, 4.69) is 20.4 Å². The van der Waals surface area contributed by atoms with Gasteiger partial charge in [0.25, 0.3) is 11.8 Å². The Morgan fingerprint density at radius 3 is 2.66 bits per heavy atom. The molecular formula is C23H19N7O2. The van der Waals surface area contributed by atoms with E-state index in [0.29, 0.717) is 45.8 Å². The molecule has 9 heteroatoms. The van der Waals surface area contributed by atoms with Gasteiger partial charge in [-0.15, -0.1) is 0 Å². The first-order chi connectivity index (χ1) is 15.4. The number of rotatable bonds is 5. The van der Waals surface area contributed by atoms with Gasteiger partial charge in [-0.1, -0.05) is 24.3 Å². The van der Waals surface area contributed by atoms with Gasteiger partial charge >= 0.3 is 0 Å². The van der Waals surface area contributed by atoms with Gasteiger partial charge in [0.15, 0.2) is 0 Å². The average molecular weight is 425 g/mol. The minimum absolute atomic E-state index is 0.0152.